The van der Waals surface area contributed by atoms with E-state index in [1.54, 1.807) is 21.3 Å². The van der Waals surface area contributed by atoms with Crippen LogP contribution in [0.15, 0.2) is 41.4 Å². The Kier molecular flexibility index (Phi) is 9.04. The summed E-state index contributed by atoms with van der Waals surface area (Å²) in [6, 6.07) is 12.3. The third-order valence-electron chi connectivity index (χ3n) is 5.55. The number of benzene rings is 2. The maximum Gasteiger partial charge on any atom is 0.191 e. The highest BCUT2D eigenvalue weighted by Gasteiger charge is 2.17. The van der Waals surface area contributed by atoms with Crippen LogP contribution in [0.4, 0.5) is 0 Å². The van der Waals surface area contributed by atoms with E-state index in [1.165, 1.54) is 5.56 Å². The molecule has 2 aromatic carbocycles. The fourth-order valence-corrected chi connectivity index (χ4v) is 3.63. The Hall–Kier alpha value is -2.93. The van der Waals surface area contributed by atoms with E-state index in [1.807, 2.05) is 18.2 Å². The second kappa shape index (κ2) is 12.2. The number of hydrogen-bond acceptors (Lipinski definition) is 5. The summed E-state index contributed by atoms with van der Waals surface area (Å²) in [5, 5.41) is 6.76. The van der Waals surface area contributed by atoms with Crippen LogP contribution in [0.2, 0.25) is 0 Å². The number of nitrogens with one attached hydrogen (secondary N) is 2. The van der Waals surface area contributed by atoms with Gasteiger partial charge in [0.15, 0.2) is 17.5 Å². The zero-order chi connectivity index (χ0) is 22.8. The molecule has 1 atom stereocenters. The molecule has 1 unspecified atom stereocenters. The SMILES string of the molecule is CN=C(NCCc1ccc(OC)c(OC)c1)NCc1ccc(C)cc1OCC1CCOC1. The molecule has 7 heteroatoms. The van der Waals surface area contributed by atoms with E-state index in [-0.39, 0.29) is 0 Å². The van der Waals surface area contributed by atoms with Gasteiger partial charge in [0.1, 0.15) is 5.75 Å². The summed E-state index contributed by atoms with van der Waals surface area (Å²) < 4.78 is 22.3. The number of guanidine groups is 1. The molecule has 1 fully saturated rings. The lowest BCUT2D eigenvalue weighted by atomic mass is 10.1. The first-order valence-corrected chi connectivity index (χ1v) is 11.1. The van der Waals surface area contributed by atoms with Crippen LogP contribution in [0.25, 0.3) is 0 Å². The molecule has 1 aliphatic heterocycles. The minimum atomic E-state index is 0.474. The van der Waals surface area contributed by atoms with Gasteiger partial charge in [0, 0.05) is 38.2 Å². The second-order valence-electron chi connectivity index (χ2n) is 7.94. The number of nitrogens with zero attached hydrogens (tertiary/aromatic N) is 1. The molecule has 2 N–H and O–H groups in total. The minimum absolute atomic E-state index is 0.474. The Morgan fingerprint density at radius 3 is 2.62 bits per heavy atom. The average molecular weight is 442 g/mol. The number of rotatable bonds is 10. The molecule has 0 spiro atoms. The van der Waals surface area contributed by atoms with Gasteiger partial charge >= 0.3 is 0 Å². The summed E-state index contributed by atoms with van der Waals surface area (Å²) in [7, 11) is 5.07. The molecular formula is C25H35N3O4. The Morgan fingerprint density at radius 1 is 1.06 bits per heavy atom. The minimum Gasteiger partial charge on any atom is -0.493 e. The zero-order valence-corrected chi connectivity index (χ0v) is 19.6. The predicted molar refractivity (Wildman–Crippen MR) is 127 cm³/mol. The van der Waals surface area contributed by atoms with Gasteiger partial charge < -0.3 is 29.6 Å². The number of hydrogen-bond donors (Lipinski definition) is 2. The van der Waals surface area contributed by atoms with Gasteiger partial charge in [-0.15, -0.1) is 0 Å². The largest absolute Gasteiger partial charge is 0.493 e. The zero-order valence-electron chi connectivity index (χ0n) is 19.6. The van der Waals surface area contributed by atoms with Crippen LogP contribution in [0.5, 0.6) is 17.2 Å². The van der Waals surface area contributed by atoms with E-state index in [2.05, 4.69) is 40.7 Å². The molecule has 0 amide bonds. The van der Waals surface area contributed by atoms with Crippen molar-refractivity contribution >= 4 is 5.96 Å². The molecule has 7 nitrogen and oxygen atoms in total. The molecule has 0 saturated carbocycles. The first-order chi connectivity index (χ1) is 15.6. The number of methoxy groups -OCH3 is 2. The van der Waals surface area contributed by atoms with Crippen LogP contribution in [0.3, 0.4) is 0 Å². The summed E-state index contributed by atoms with van der Waals surface area (Å²) in [4.78, 5) is 4.34. The maximum atomic E-state index is 6.15. The lowest BCUT2D eigenvalue weighted by Crippen LogP contribution is -2.38. The van der Waals surface area contributed by atoms with Crippen molar-refractivity contribution in [2.75, 3.05) is 47.6 Å². The van der Waals surface area contributed by atoms with E-state index in [0.717, 1.165) is 66.9 Å². The maximum absolute atomic E-state index is 6.15. The van der Waals surface area contributed by atoms with E-state index in [0.29, 0.717) is 19.1 Å². The van der Waals surface area contributed by atoms with Gasteiger partial charge in [0.05, 0.1) is 27.4 Å². The van der Waals surface area contributed by atoms with E-state index < -0.39 is 0 Å². The molecule has 174 valence electrons. The van der Waals surface area contributed by atoms with Crippen molar-refractivity contribution in [1.82, 2.24) is 10.6 Å². The second-order valence-corrected chi connectivity index (χ2v) is 7.94. The first-order valence-electron chi connectivity index (χ1n) is 11.1. The molecule has 1 heterocycles. The number of ether oxygens (including phenoxy) is 4. The molecule has 3 rings (SSSR count). The molecule has 0 radical (unpaired) electrons. The fourth-order valence-electron chi connectivity index (χ4n) is 3.63. The van der Waals surface area contributed by atoms with Gasteiger partial charge in [-0.25, -0.2) is 0 Å². The van der Waals surface area contributed by atoms with Gasteiger partial charge in [0.2, 0.25) is 0 Å². The highest BCUT2D eigenvalue weighted by molar-refractivity contribution is 5.79. The predicted octanol–water partition coefficient (Wildman–Crippen LogP) is 3.34. The van der Waals surface area contributed by atoms with Gasteiger partial charge in [-0.3, -0.25) is 4.99 Å². The molecular weight excluding hydrogens is 406 g/mol. The van der Waals surface area contributed by atoms with E-state index >= 15 is 0 Å². The standard InChI is InChI=1S/C25H35N3O4/c1-18-5-7-21(23(13-18)32-17-20-10-12-31-16-20)15-28-25(26-2)27-11-9-19-6-8-22(29-3)24(14-19)30-4/h5-8,13-14,20H,9-12,15-17H2,1-4H3,(H2,26,27,28). The summed E-state index contributed by atoms with van der Waals surface area (Å²) in [6.45, 7) is 5.77. The molecule has 0 aliphatic carbocycles. The normalized spacial score (nSPS) is 16.0. The van der Waals surface area contributed by atoms with E-state index in [4.69, 9.17) is 18.9 Å². The third-order valence-corrected chi connectivity index (χ3v) is 5.55. The van der Waals surface area contributed by atoms with E-state index in [9.17, 15) is 0 Å². The topological polar surface area (TPSA) is 73.3 Å². The molecule has 0 bridgehead atoms. The van der Waals surface area contributed by atoms with Gasteiger partial charge in [-0.05, 0) is 49.1 Å². The first kappa shape index (κ1) is 23.7. The van der Waals surface area contributed by atoms with Crippen LogP contribution in [-0.2, 0) is 17.7 Å². The highest BCUT2D eigenvalue weighted by Crippen LogP contribution is 2.27. The van der Waals surface area contributed by atoms with Crippen molar-refractivity contribution in [3.05, 3.63) is 53.1 Å². The molecule has 2 aromatic rings. The molecule has 0 aromatic heterocycles. The molecule has 32 heavy (non-hydrogen) atoms. The van der Waals surface area contributed by atoms with Crippen molar-refractivity contribution < 1.29 is 18.9 Å². The van der Waals surface area contributed by atoms with Crippen LogP contribution >= 0.6 is 0 Å². The van der Waals surface area contributed by atoms with Crippen molar-refractivity contribution in [1.29, 1.82) is 0 Å². The summed E-state index contributed by atoms with van der Waals surface area (Å²) >= 11 is 0. The van der Waals surface area contributed by atoms with Crippen molar-refractivity contribution in [2.24, 2.45) is 10.9 Å². The van der Waals surface area contributed by atoms with Crippen LogP contribution < -0.4 is 24.8 Å². The molecule has 1 aliphatic rings. The Morgan fingerprint density at radius 2 is 1.91 bits per heavy atom. The third kappa shape index (κ3) is 6.79. The Labute approximate surface area is 191 Å². The monoisotopic (exact) mass is 441 g/mol. The van der Waals surface area contributed by atoms with Crippen LogP contribution in [0, 0.1) is 12.8 Å². The van der Waals surface area contributed by atoms with Gasteiger partial charge in [-0.1, -0.05) is 18.2 Å². The van der Waals surface area contributed by atoms with Crippen LogP contribution in [0.1, 0.15) is 23.1 Å². The van der Waals surface area contributed by atoms with Crippen molar-refractivity contribution in [3.8, 4) is 17.2 Å². The summed E-state index contributed by atoms with van der Waals surface area (Å²) in [5.41, 5.74) is 3.46. The fraction of sp³-hybridized carbons (Fsp3) is 0.480. The van der Waals surface area contributed by atoms with Crippen molar-refractivity contribution in [3.63, 3.8) is 0 Å². The summed E-state index contributed by atoms with van der Waals surface area (Å²) in [5.74, 6) is 3.62. The average Bonchev–Trinajstić information content (AvgIpc) is 3.34. The number of aryl methyl sites for hydroxylation is 1. The number of aliphatic imine (C=N–C) groups is 1. The lowest BCUT2D eigenvalue weighted by Gasteiger charge is -2.17. The van der Waals surface area contributed by atoms with Crippen LogP contribution in [-0.4, -0.2) is 53.6 Å². The summed E-state index contributed by atoms with van der Waals surface area (Å²) in [6.07, 6.45) is 1.90. The smallest absolute Gasteiger partial charge is 0.191 e. The Bertz CT molecular complexity index is 895. The van der Waals surface area contributed by atoms with Crippen molar-refractivity contribution in [2.45, 2.75) is 26.3 Å². The van der Waals surface area contributed by atoms with Gasteiger partial charge in [-0.2, -0.15) is 0 Å². The lowest BCUT2D eigenvalue weighted by molar-refractivity contribution is 0.166. The highest BCUT2D eigenvalue weighted by atomic mass is 16.5. The Balaban J connectivity index is 1.50. The van der Waals surface area contributed by atoms with Gasteiger partial charge in [0.25, 0.3) is 0 Å². The molecule has 1 saturated heterocycles. The quantitative estimate of drug-likeness (QED) is 0.435.